The zero-order valence-corrected chi connectivity index (χ0v) is 20.3. The molecule has 1 fully saturated rings. The molecule has 0 amide bonds. The van der Waals surface area contributed by atoms with Crippen LogP contribution >= 0.6 is 0 Å². The maximum atomic E-state index is 13.6. The van der Waals surface area contributed by atoms with Crippen LogP contribution in [-0.2, 0) is 14.3 Å². The molecule has 9 nitrogen and oxygen atoms in total. The first kappa shape index (κ1) is 23.5. The van der Waals surface area contributed by atoms with Crippen molar-refractivity contribution in [1.82, 2.24) is 0 Å². The van der Waals surface area contributed by atoms with Crippen LogP contribution in [0.4, 0.5) is 5.69 Å². The second-order valence-electron chi connectivity index (χ2n) is 10.7. The molecule has 2 aliphatic heterocycles. The van der Waals surface area contributed by atoms with Crippen molar-refractivity contribution in [3.8, 4) is 11.5 Å². The fourth-order valence-corrected chi connectivity index (χ4v) is 5.86. The van der Waals surface area contributed by atoms with Gasteiger partial charge in [-0.15, -0.1) is 0 Å². The molecular weight excluding hydrogens is 452 g/mol. The van der Waals surface area contributed by atoms with Gasteiger partial charge in [-0.25, -0.2) is 0 Å². The van der Waals surface area contributed by atoms with Gasteiger partial charge in [-0.2, -0.15) is 0 Å². The Kier molecular flexibility index (Phi) is 5.89. The van der Waals surface area contributed by atoms with Crippen LogP contribution < -0.4 is 9.47 Å². The Morgan fingerprint density at radius 1 is 1.14 bits per heavy atom. The van der Waals surface area contributed by atoms with Crippen molar-refractivity contribution in [2.75, 3.05) is 6.79 Å². The first-order valence-corrected chi connectivity index (χ1v) is 12.2. The summed E-state index contributed by atoms with van der Waals surface area (Å²) in [6.07, 6.45) is 5.34. The van der Waals surface area contributed by atoms with E-state index in [9.17, 15) is 19.7 Å². The predicted molar refractivity (Wildman–Crippen MR) is 127 cm³/mol. The number of Topliss-reactive ketones (excluding diaryl/α,β-unsaturated/α-hetero) is 1. The number of fused-ring (bicyclic) bond motifs is 1. The molecule has 9 heteroatoms. The summed E-state index contributed by atoms with van der Waals surface area (Å²) in [4.78, 5) is 43.5. The number of nitro groups is 1. The average molecular weight is 483 g/mol. The van der Waals surface area contributed by atoms with E-state index in [-0.39, 0.29) is 47.5 Å². The van der Waals surface area contributed by atoms with Gasteiger partial charge in [0.1, 0.15) is 12.0 Å². The highest BCUT2D eigenvalue weighted by molar-refractivity contribution is 6.09. The monoisotopic (exact) mass is 482 g/mol. The summed E-state index contributed by atoms with van der Waals surface area (Å²) in [5.74, 6) is -1.81. The molecule has 2 aliphatic carbocycles. The van der Waals surface area contributed by atoms with Gasteiger partial charge in [0.2, 0.25) is 6.79 Å². The molecule has 35 heavy (non-hydrogen) atoms. The minimum atomic E-state index is -0.931. The number of aliphatic imine (C=N–C) groups is 1. The third-order valence-corrected chi connectivity index (χ3v) is 7.44. The number of carbonyl (C=O) groups is 2. The molecule has 1 saturated carbocycles. The van der Waals surface area contributed by atoms with Crippen LogP contribution in [0.3, 0.4) is 0 Å². The number of hydrogen-bond donors (Lipinski definition) is 0. The minimum Gasteiger partial charge on any atom is -0.462 e. The van der Waals surface area contributed by atoms with Crippen molar-refractivity contribution in [3.05, 3.63) is 39.1 Å². The third-order valence-electron chi connectivity index (χ3n) is 7.44. The largest absolute Gasteiger partial charge is 0.462 e. The molecule has 4 aliphatic rings. The first-order chi connectivity index (χ1) is 16.6. The van der Waals surface area contributed by atoms with Gasteiger partial charge in [0, 0.05) is 34.9 Å². The number of ketones is 1. The Balaban J connectivity index is 1.65. The van der Waals surface area contributed by atoms with E-state index in [2.05, 4.69) is 0 Å². The van der Waals surface area contributed by atoms with Gasteiger partial charge in [0.25, 0.3) is 5.69 Å². The summed E-state index contributed by atoms with van der Waals surface area (Å²) >= 11 is 0. The van der Waals surface area contributed by atoms with Gasteiger partial charge in [-0.1, -0.05) is 20.3 Å². The highest BCUT2D eigenvalue weighted by atomic mass is 16.7. The Hall–Kier alpha value is -3.23. The first-order valence-electron chi connectivity index (χ1n) is 12.2. The van der Waals surface area contributed by atoms with E-state index in [0.29, 0.717) is 29.2 Å². The summed E-state index contributed by atoms with van der Waals surface area (Å²) in [7, 11) is 0. The van der Waals surface area contributed by atoms with Crippen LogP contribution in [0.1, 0.15) is 77.2 Å². The quantitative estimate of drug-likeness (QED) is 0.336. The predicted octanol–water partition coefficient (Wildman–Crippen LogP) is 5.02. The Bertz CT molecular complexity index is 1160. The third kappa shape index (κ3) is 4.32. The van der Waals surface area contributed by atoms with Crippen LogP contribution in [0.2, 0.25) is 0 Å². The second kappa shape index (κ2) is 8.77. The highest BCUT2D eigenvalue weighted by Gasteiger charge is 2.48. The number of rotatable bonds is 4. The van der Waals surface area contributed by atoms with Gasteiger partial charge in [-0.3, -0.25) is 24.7 Å². The van der Waals surface area contributed by atoms with E-state index in [1.54, 1.807) is 13.0 Å². The van der Waals surface area contributed by atoms with Crippen LogP contribution in [0, 0.1) is 21.4 Å². The normalized spacial score (nSPS) is 25.7. The highest BCUT2D eigenvalue weighted by Crippen LogP contribution is 2.51. The molecule has 0 spiro atoms. The molecule has 0 radical (unpaired) electrons. The van der Waals surface area contributed by atoms with Crippen molar-refractivity contribution in [3.63, 3.8) is 0 Å². The molecular formula is C26H30N2O7. The summed E-state index contributed by atoms with van der Waals surface area (Å²) in [5, 5.41) is 12.1. The maximum Gasteiger partial charge on any atom is 0.315 e. The molecule has 2 atom stereocenters. The Morgan fingerprint density at radius 2 is 1.83 bits per heavy atom. The Labute approximate surface area is 203 Å². The van der Waals surface area contributed by atoms with Crippen molar-refractivity contribution in [2.45, 2.75) is 77.7 Å². The number of ether oxygens (including phenoxy) is 3. The molecule has 1 aromatic rings. The van der Waals surface area contributed by atoms with Crippen molar-refractivity contribution in [2.24, 2.45) is 16.3 Å². The summed E-state index contributed by atoms with van der Waals surface area (Å²) in [5.41, 5.74) is 1.23. The maximum absolute atomic E-state index is 13.6. The number of nitro benzene ring substituents is 1. The van der Waals surface area contributed by atoms with Gasteiger partial charge in [-0.05, 0) is 50.5 Å². The fraction of sp³-hybridized carbons (Fsp3) is 0.577. The van der Waals surface area contributed by atoms with E-state index in [4.69, 9.17) is 19.2 Å². The topological polar surface area (TPSA) is 117 Å². The smallest absolute Gasteiger partial charge is 0.315 e. The summed E-state index contributed by atoms with van der Waals surface area (Å²) < 4.78 is 16.8. The van der Waals surface area contributed by atoms with Crippen LogP contribution in [0.5, 0.6) is 11.5 Å². The Morgan fingerprint density at radius 3 is 2.51 bits per heavy atom. The van der Waals surface area contributed by atoms with Crippen LogP contribution in [-0.4, -0.2) is 35.3 Å². The number of benzene rings is 1. The van der Waals surface area contributed by atoms with Crippen LogP contribution in [0.15, 0.2) is 28.4 Å². The number of esters is 1. The average Bonchev–Trinajstić information content (AvgIpc) is 3.24. The number of allylic oxidation sites excluding steroid dienone is 2. The lowest BCUT2D eigenvalue weighted by Gasteiger charge is -2.39. The molecule has 2 heterocycles. The van der Waals surface area contributed by atoms with E-state index in [1.165, 1.54) is 6.07 Å². The van der Waals surface area contributed by atoms with E-state index in [0.717, 1.165) is 32.1 Å². The van der Waals surface area contributed by atoms with Gasteiger partial charge >= 0.3 is 5.97 Å². The molecule has 0 aromatic heterocycles. The standard InChI is InChI=1S/C26H30N2O7/c1-14-22(25(30)35-15-7-5-4-6-8-15)23(24-17(27-14)11-26(2,3)12-19(24)29)16-9-20-21(34-13-33-20)10-18(16)28(31)32/h9-10,15,22-23H,4-8,11-13H2,1-3H3/t22?,23-/m1/s1. The molecule has 186 valence electrons. The van der Waals surface area contributed by atoms with E-state index >= 15 is 0 Å². The minimum absolute atomic E-state index is 0.0463. The van der Waals surface area contributed by atoms with E-state index < -0.39 is 22.7 Å². The zero-order valence-electron chi connectivity index (χ0n) is 20.3. The lowest BCUT2D eigenvalue weighted by molar-refractivity contribution is -0.385. The molecule has 0 N–H and O–H groups in total. The number of nitrogens with zero attached hydrogens (tertiary/aromatic N) is 2. The van der Waals surface area contributed by atoms with Gasteiger partial charge in [0.05, 0.1) is 11.0 Å². The van der Waals surface area contributed by atoms with Gasteiger partial charge < -0.3 is 14.2 Å². The lowest BCUT2D eigenvalue weighted by atomic mass is 9.66. The molecule has 1 unspecified atom stereocenters. The zero-order chi connectivity index (χ0) is 24.9. The number of carbonyl (C=O) groups excluding carboxylic acids is 2. The van der Waals surface area contributed by atoms with E-state index in [1.807, 2.05) is 13.8 Å². The summed E-state index contributed by atoms with van der Waals surface area (Å²) in [6.45, 7) is 5.70. The SMILES string of the molecule is CC1=NC2=C(C(=O)CC(C)(C)C2)[C@H](c2cc3c(cc2[N+](=O)[O-])OCO3)C1C(=O)OC1CCCCC1. The summed E-state index contributed by atoms with van der Waals surface area (Å²) in [6, 6.07) is 2.86. The lowest BCUT2D eigenvalue weighted by Crippen LogP contribution is -2.40. The second-order valence-corrected chi connectivity index (χ2v) is 10.7. The fourth-order valence-electron chi connectivity index (χ4n) is 5.86. The molecule has 0 saturated heterocycles. The molecule has 0 bridgehead atoms. The van der Waals surface area contributed by atoms with Crippen molar-refractivity contribution < 1.29 is 28.7 Å². The molecule has 1 aromatic carbocycles. The van der Waals surface area contributed by atoms with Crippen molar-refractivity contribution in [1.29, 1.82) is 0 Å². The number of hydrogen-bond acceptors (Lipinski definition) is 8. The van der Waals surface area contributed by atoms with Crippen molar-refractivity contribution >= 4 is 23.2 Å². The molecule has 5 rings (SSSR count). The van der Waals surface area contributed by atoms with Crippen LogP contribution in [0.25, 0.3) is 0 Å². The van der Waals surface area contributed by atoms with Gasteiger partial charge in [0.15, 0.2) is 17.3 Å².